The Morgan fingerprint density at radius 1 is 1.07 bits per heavy atom. The van der Waals surface area contributed by atoms with Gasteiger partial charge in [-0.3, -0.25) is 19.3 Å². The zero-order chi connectivity index (χ0) is 30.8. The number of aromatic hydroxyl groups is 1. The summed E-state index contributed by atoms with van der Waals surface area (Å²) in [6.07, 6.45) is 0.146. The molecule has 0 saturated heterocycles. The molecule has 0 radical (unpaired) electrons. The highest BCUT2D eigenvalue weighted by Gasteiger charge is 2.64. The van der Waals surface area contributed by atoms with Gasteiger partial charge in [-0.15, -0.1) is 0 Å². The van der Waals surface area contributed by atoms with Crippen molar-refractivity contribution >= 4 is 28.9 Å². The maximum Gasteiger partial charge on any atom is 0.255 e. The van der Waals surface area contributed by atoms with Crippen molar-refractivity contribution in [2.45, 2.75) is 24.5 Å². The van der Waals surface area contributed by atoms with Crippen molar-refractivity contribution in [3.8, 4) is 17.6 Å². The standard InChI is InChI=1S/C31H30FN3O7/c1-34(2)20-13-15(8-5-14-6-9-17(32)10-7-14)25(36)22-18(20)11-16-12-19-24(35(3)4)27(38)23(30(33)41)29(40)31(19,42)28(39)21(16)26(22)37/h6-7,9-10,13,16,19,24,36-37,40,42H,11-12H2,1-4H3,(H2,33,41). The quantitative estimate of drug-likeness (QED) is 0.270. The molecule has 3 aliphatic rings. The minimum Gasteiger partial charge on any atom is -0.508 e. The Kier molecular flexibility index (Phi) is 6.88. The van der Waals surface area contributed by atoms with Crippen LogP contribution in [-0.4, -0.2) is 82.6 Å². The lowest BCUT2D eigenvalue weighted by molar-refractivity contribution is -0.153. The fraction of sp³-hybridized carbons (Fsp3) is 0.323. The fourth-order valence-corrected chi connectivity index (χ4v) is 6.46. The van der Waals surface area contributed by atoms with Gasteiger partial charge in [-0.2, -0.15) is 0 Å². The Morgan fingerprint density at radius 3 is 2.29 bits per heavy atom. The van der Waals surface area contributed by atoms with Crippen LogP contribution in [0.15, 0.2) is 47.2 Å². The molecule has 0 spiro atoms. The van der Waals surface area contributed by atoms with Crippen molar-refractivity contribution in [3.05, 3.63) is 75.3 Å². The third-order valence-electron chi connectivity index (χ3n) is 8.36. The van der Waals surface area contributed by atoms with E-state index >= 15 is 0 Å². The van der Waals surface area contributed by atoms with Gasteiger partial charge >= 0.3 is 0 Å². The molecule has 0 aliphatic heterocycles. The number of ketones is 2. The Bertz CT molecular complexity index is 1680. The number of phenolic OH excluding ortho intramolecular Hbond substituents is 1. The lowest BCUT2D eigenvalue weighted by Crippen LogP contribution is -2.65. The predicted molar refractivity (Wildman–Crippen MR) is 151 cm³/mol. The Labute approximate surface area is 241 Å². The molecular weight excluding hydrogens is 545 g/mol. The molecule has 4 unspecified atom stereocenters. The summed E-state index contributed by atoms with van der Waals surface area (Å²) in [6.45, 7) is 0. The molecule has 11 heteroatoms. The van der Waals surface area contributed by atoms with E-state index in [2.05, 4.69) is 11.8 Å². The van der Waals surface area contributed by atoms with Crippen molar-refractivity contribution in [1.29, 1.82) is 0 Å². The number of amides is 1. The van der Waals surface area contributed by atoms with Gasteiger partial charge in [-0.25, -0.2) is 4.39 Å². The monoisotopic (exact) mass is 575 g/mol. The number of fused-ring (bicyclic) bond motifs is 3. The molecule has 1 saturated carbocycles. The van der Waals surface area contributed by atoms with Crippen LogP contribution in [0.4, 0.5) is 10.1 Å². The number of nitrogens with two attached hydrogens (primary N) is 1. The van der Waals surface area contributed by atoms with Gasteiger partial charge in [0.15, 0.2) is 11.4 Å². The number of hydrogen-bond donors (Lipinski definition) is 5. The van der Waals surface area contributed by atoms with Crippen LogP contribution in [0.2, 0.25) is 0 Å². The number of phenols is 1. The first-order valence-electron chi connectivity index (χ1n) is 13.2. The van der Waals surface area contributed by atoms with Gasteiger partial charge in [-0.1, -0.05) is 11.8 Å². The second-order valence-electron chi connectivity index (χ2n) is 11.3. The van der Waals surface area contributed by atoms with Crippen LogP contribution in [0, 0.1) is 29.5 Å². The normalized spacial score (nSPS) is 25.0. The van der Waals surface area contributed by atoms with Gasteiger partial charge in [-0.05, 0) is 68.8 Å². The number of rotatable bonds is 3. The largest absolute Gasteiger partial charge is 0.508 e. The maximum absolute atomic E-state index is 14.0. The highest BCUT2D eigenvalue weighted by atomic mass is 19.1. The van der Waals surface area contributed by atoms with E-state index in [1.165, 1.54) is 29.2 Å². The molecule has 2 aromatic carbocycles. The maximum atomic E-state index is 14.0. The Balaban J connectivity index is 1.72. The number of aliphatic hydroxyl groups excluding tert-OH is 2. The van der Waals surface area contributed by atoms with Gasteiger partial charge in [0.2, 0.25) is 5.78 Å². The first-order valence-corrected chi connectivity index (χ1v) is 13.2. The van der Waals surface area contributed by atoms with Crippen molar-refractivity contribution < 1.29 is 39.2 Å². The number of carbonyl (C=O) groups excluding carboxylic acids is 3. The molecule has 1 fully saturated rings. The van der Waals surface area contributed by atoms with E-state index in [-0.39, 0.29) is 29.5 Å². The van der Waals surface area contributed by atoms with E-state index in [0.29, 0.717) is 16.8 Å². The van der Waals surface area contributed by atoms with Gasteiger partial charge in [0.1, 0.15) is 28.7 Å². The summed E-state index contributed by atoms with van der Waals surface area (Å²) >= 11 is 0. The fourth-order valence-electron chi connectivity index (χ4n) is 6.46. The summed E-state index contributed by atoms with van der Waals surface area (Å²) in [7, 11) is 6.62. The Morgan fingerprint density at radius 2 is 1.71 bits per heavy atom. The van der Waals surface area contributed by atoms with E-state index in [1.807, 2.05) is 0 Å². The molecule has 3 aliphatic carbocycles. The zero-order valence-electron chi connectivity index (χ0n) is 23.4. The van der Waals surface area contributed by atoms with Crippen molar-refractivity contribution in [2.24, 2.45) is 17.6 Å². The molecule has 2 aromatic rings. The molecule has 10 nitrogen and oxygen atoms in total. The smallest absolute Gasteiger partial charge is 0.255 e. The number of anilines is 1. The first kappa shape index (κ1) is 28.9. The minimum absolute atomic E-state index is 0.00842. The van der Waals surface area contributed by atoms with Gasteiger partial charge in [0, 0.05) is 36.8 Å². The molecule has 0 bridgehead atoms. The number of nitrogens with zero attached hydrogens (tertiary/aromatic N) is 2. The summed E-state index contributed by atoms with van der Waals surface area (Å²) in [5.74, 6) is -1.93. The first-order chi connectivity index (χ1) is 19.7. The van der Waals surface area contributed by atoms with Crippen molar-refractivity contribution in [1.82, 2.24) is 4.90 Å². The van der Waals surface area contributed by atoms with E-state index in [9.17, 15) is 39.2 Å². The van der Waals surface area contributed by atoms with Crippen LogP contribution in [0.3, 0.4) is 0 Å². The van der Waals surface area contributed by atoms with Crippen LogP contribution in [0.1, 0.15) is 28.7 Å². The van der Waals surface area contributed by atoms with Crippen LogP contribution in [0.25, 0.3) is 5.76 Å². The second-order valence-corrected chi connectivity index (χ2v) is 11.3. The summed E-state index contributed by atoms with van der Waals surface area (Å²) < 4.78 is 13.3. The number of Topliss-reactive ketones (excluding diaryl/α,β-unsaturated/α-hetero) is 2. The number of hydrogen-bond acceptors (Lipinski definition) is 9. The number of primary amides is 1. The highest BCUT2D eigenvalue weighted by Crippen LogP contribution is 2.54. The van der Waals surface area contributed by atoms with Gasteiger partial charge < -0.3 is 31.1 Å². The third-order valence-corrected chi connectivity index (χ3v) is 8.36. The molecule has 42 heavy (non-hydrogen) atoms. The summed E-state index contributed by atoms with van der Waals surface area (Å²) in [5, 5.41) is 45.6. The summed E-state index contributed by atoms with van der Waals surface area (Å²) in [6, 6.07) is 5.93. The van der Waals surface area contributed by atoms with Crippen LogP contribution in [-0.2, 0) is 20.8 Å². The van der Waals surface area contributed by atoms with Crippen LogP contribution >= 0.6 is 0 Å². The SMILES string of the molecule is CN(C)c1cc(C#Cc2ccc(F)cc2)c(O)c2c1CC1CC3C(N(C)C)C(=O)C(C(N)=O)=C(O)C3(O)C(=O)C1=C2O. The molecule has 0 heterocycles. The predicted octanol–water partition coefficient (Wildman–Crippen LogP) is 1.57. The van der Waals surface area contributed by atoms with E-state index < -0.39 is 69.6 Å². The third kappa shape index (κ3) is 4.14. The topological polar surface area (TPSA) is 165 Å². The van der Waals surface area contributed by atoms with E-state index in [4.69, 9.17) is 5.73 Å². The van der Waals surface area contributed by atoms with E-state index in [1.54, 1.807) is 39.2 Å². The second kappa shape index (κ2) is 10.0. The lowest BCUT2D eigenvalue weighted by Gasteiger charge is -2.50. The average Bonchev–Trinajstić information content (AvgIpc) is 2.90. The molecule has 4 atom stereocenters. The van der Waals surface area contributed by atoms with E-state index in [0.717, 1.165) is 0 Å². The number of likely N-dealkylation sites (N-methyl/N-ethyl adjacent to an activating group) is 1. The molecule has 6 N–H and O–H groups in total. The van der Waals surface area contributed by atoms with Gasteiger partial charge in [0.05, 0.1) is 17.2 Å². The van der Waals surface area contributed by atoms with Crippen LogP contribution < -0.4 is 10.6 Å². The zero-order valence-corrected chi connectivity index (χ0v) is 23.4. The summed E-state index contributed by atoms with van der Waals surface area (Å²) in [5.41, 5.74) is 3.22. The number of aliphatic hydroxyl groups is 3. The van der Waals surface area contributed by atoms with Gasteiger partial charge in [0.25, 0.3) is 5.91 Å². The molecule has 0 aromatic heterocycles. The van der Waals surface area contributed by atoms with Crippen LogP contribution in [0.5, 0.6) is 5.75 Å². The minimum atomic E-state index is -2.72. The number of halogens is 1. The number of benzene rings is 2. The van der Waals surface area contributed by atoms with Crippen molar-refractivity contribution in [3.63, 3.8) is 0 Å². The molecule has 5 rings (SSSR count). The molecule has 218 valence electrons. The van der Waals surface area contributed by atoms with Crippen molar-refractivity contribution in [2.75, 3.05) is 33.1 Å². The lowest BCUT2D eigenvalue weighted by atomic mass is 9.57. The average molecular weight is 576 g/mol. The number of carbonyl (C=O) groups is 3. The molecular formula is C31H30FN3O7. The Hall–Kier alpha value is -4.66. The highest BCUT2D eigenvalue weighted by molar-refractivity contribution is 6.24. The summed E-state index contributed by atoms with van der Waals surface area (Å²) in [4.78, 5) is 42.7. The molecule has 1 amide bonds.